The smallest absolute Gasteiger partial charge is 0.145 e. The number of benzene rings is 1. The molecule has 1 aliphatic heterocycles. The van der Waals surface area contributed by atoms with Gasteiger partial charge in [-0.05, 0) is 37.6 Å². The van der Waals surface area contributed by atoms with Crippen LogP contribution in [0.4, 0.5) is 5.69 Å². The minimum absolute atomic E-state index is 0.377. The van der Waals surface area contributed by atoms with Gasteiger partial charge in [0.05, 0.1) is 0 Å². The third kappa shape index (κ3) is 3.16. The number of nitrogens with zero attached hydrogens (tertiary/aromatic N) is 3. The molecule has 112 valence electrons. The van der Waals surface area contributed by atoms with Gasteiger partial charge in [0.2, 0.25) is 0 Å². The minimum Gasteiger partial charge on any atom is -0.487 e. The Morgan fingerprint density at radius 2 is 2.05 bits per heavy atom. The number of aryl methyl sites for hydroxylation is 2. The van der Waals surface area contributed by atoms with E-state index in [9.17, 15) is 0 Å². The van der Waals surface area contributed by atoms with Gasteiger partial charge in [0, 0.05) is 31.9 Å². The highest BCUT2D eigenvalue weighted by Crippen LogP contribution is 2.25. The summed E-state index contributed by atoms with van der Waals surface area (Å²) in [4.78, 5) is 2.40. The molecule has 0 atom stereocenters. The largest absolute Gasteiger partial charge is 0.487 e. The summed E-state index contributed by atoms with van der Waals surface area (Å²) in [5.74, 6) is 0.841. The highest BCUT2D eigenvalue weighted by atomic mass is 16.6. The normalized spacial score (nSPS) is 15.2. The molecule has 0 amide bonds. The van der Waals surface area contributed by atoms with E-state index in [0.29, 0.717) is 6.61 Å². The van der Waals surface area contributed by atoms with Crippen molar-refractivity contribution in [3.63, 3.8) is 0 Å². The molecule has 0 radical (unpaired) electrons. The zero-order valence-electron chi connectivity index (χ0n) is 12.4. The monoisotopic (exact) mass is 288 g/mol. The lowest BCUT2D eigenvalue weighted by atomic mass is 10.1. The average molecular weight is 288 g/mol. The van der Waals surface area contributed by atoms with E-state index in [4.69, 9.17) is 4.74 Å². The molecule has 1 aliphatic rings. The predicted octanol–water partition coefficient (Wildman–Crippen LogP) is 1.68. The molecule has 1 saturated heterocycles. The Labute approximate surface area is 124 Å². The van der Waals surface area contributed by atoms with Crippen LogP contribution in [0, 0.1) is 13.8 Å². The molecule has 1 aromatic carbocycles. The molecule has 6 heteroatoms. The van der Waals surface area contributed by atoms with Crippen LogP contribution >= 0.6 is 0 Å². The summed E-state index contributed by atoms with van der Waals surface area (Å²) in [6, 6.07) is 6.21. The molecule has 0 unspecified atom stereocenters. The average Bonchev–Trinajstić information content (AvgIpc) is 2.91. The maximum atomic E-state index is 5.76. The Morgan fingerprint density at radius 3 is 2.71 bits per heavy atom. The SMILES string of the molecule is Cc1cc(OCc2nonc2C)ccc1N1CCNCC1. The van der Waals surface area contributed by atoms with Crippen LogP contribution in [-0.4, -0.2) is 36.5 Å². The highest BCUT2D eigenvalue weighted by molar-refractivity contribution is 5.56. The van der Waals surface area contributed by atoms with Crippen LogP contribution in [-0.2, 0) is 6.61 Å². The molecule has 21 heavy (non-hydrogen) atoms. The second-order valence-electron chi connectivity index (χ2n) is 5.27. The fraction of sp³-hybridized carbons (Fsp3) is 0.467. The predicted molar refractivity (Wildman–Crippen MR) is 79.6 cm³/mol. The zero-order chi connectivity index (χ0) is 14.7. The van der Waals surface area contributed by atoms with Crippen LogP contribution in [0.25, 0.3) is 0 Å². The topological polar surface area (TPSA) is 63.4 Å². The summed E-state index contributed by atoms with van der Waals surface area (Å²) in [6.07, 6.45) is 0. The standard InChI is InChI=1S/C15H20N4O2/c1-11-9-13(20-10-14-12(2)17-21-18-14)3-4-15(11)19-7-5-16-6-8-19/h3-4,9,16H,5-8,10H2,1-2H3. The fourth-order valence-corrected chi connectivity index (χ4v) is 2.51. The van der Waals surface area contributed by atoms with E-state index in [1.807, 2.05) is 13.0 Å². The maximum absolute atomic E-state index is 5.76. The van der Waals surface area contributed by atoms with Crippen molar-refractivity contribution in [1.29, 1.82) is 0 Å². The molecule has 0 aliphatic carbocycles. The van der Waals surface area contributed by atoms with Gasteiger partial charge < -0.3 is 15.0 Å². The lowest BCUT2D eigenvalue weighted by Crippen LogP contribution is -2.43. The summed E-state index contributed by atoms with van der Waals surface area (Å²) in [6.45, 7) is 8.52. The molecule has 1 N–H and O–H groups in total. The van der Waals surface area contributed by atoms with Gasteiger partial charge in [-0.1, -0.05) is 10.3 Å². The lowest BCUT2D eigenvalue weighted by molar-refractivity contribution is 0.270. The zero-order valence-corrected chi connectivity index (χ0v) is 12.4. The summed E-state index contributed by atoms with van der Waals surface area (Å²) in [5, 5.41) is 10.9. The first-order valence-corrected chi connectivity index (χ1v) is 7.21. The molecule has 6 nitrogen and oxygen atoms in total. The van der Waals surface area contributed by atoms with Crippen molar-refractivity contribution in [2.75, 3.05) is 31.1 Å². The summed E-state index contributed by atoms with van der Waals surface area (Å²) in [7, 11) is 0. The van der Waals surface area contributed by atoms with Gasteiger partial charge in [-0.3, -0.25) is 0 Å². The van der Waals surface area contributed by atoms with Crippen molar-refractivity contribution >= 4 is 5.69 Å². The quantitative estimate of drug-likeness (QED) is 0.923. The first kappa shape index (κ1) is 13.9. The molecule has 0 spiro atoms. The van der Waals surface area contributed by atoms with E-state index in [0.717, 1.165) is 43.3 Å². The van der Waals surface area contributed by atoms with Crippen LogP contribution < -0.4 is 15.0 Å². The third-order valence-corrected chi connectivity index (χ3v) is 3.75. The number of aromatic nitrogens is 2. The molecule has 2 heterocycles. The number of ether oxygens (including phenoxy) is 1. The van der Waals surface area contributed by atoms with Gasteiger partial charge in [0.15, 0.2) is 0 Å². The van der Waals surface area contributed by atoms with Crippen molar-refractivity contribution in [2.24, 2.45) is 0 Å². The van der Waals surface area contributed by atoms with E-state index in [2.05, 4.69) is 44.2 Å². The molecule has 1 fully saturated rings. The Bertz CT molecular complexity index is 605. The van der Waals surface area contributed by atoms with Crippen molar-refractivity contribution in [2.45, 2.75) is 20.5 Å². The van der Waals surface area contributed by atoms with Crippen molar-refractivity contribution in [3.8, 4) is 5.75 Å². The van der Waals surface area contributed by atoms with E-state index < -0.39 is 0 Å². The van der Waals surface area contributed by atoms with Gasteiger partial charge in [0.1, 0.15) is 23.7 Å². The summed E-state index contributed by atoms with van der Waals surface area (Å²) in [5.41, 5.74) is 4.01. The molecule has 3 rings (SSSR count). The fourth-order valence-electron chi connectivity index (χ4n) is 2.51. The highest BCUT2D eigenvalue weighted by Gasteiger charge is 2.13. The Hall–Kier alpha value is -2.08. The lowest BCUT2D eigenvalue weighted by Gasteiger charge is -2.30. The van der Waals surface area contributed by atoms with Crippen LogP contribution in [0.2, 0.25) is 0 Å². The van der Waals surface area contributed by atoms with Crippen LogP contribution in [0.5, 0.6) is 5.75 Å². The van der Waals surface area contributed by atoms with Gasteiger partial charge in [-0.25, -0.2) is 4.63 Å². The van der Waals surface area contributed by atoms with Crippen LogP contribution in [0.3, 0.4) is 0 Å². The third-order valence-electron chi connectivity index (χ3n) is 3.75. The molecule has 1 aromatic heterocycles. The number of piperazine rings is 1. The Morgan fingerprint density at radius 1 is 1.24 bits per heavy atom. The first-order valence-electron chi connectivity index (χ1n) is 7.21. The first-order chi connectivity index (χ1) is 10.2. The second kappa shape index (κ2) is 6.13. The van der Waals surface area contributed by atoms with E-state index in [-0.39, 0.29) is 0 Å². The summed E-state index contributed by atoms with van der Waals surface area (Å²) < 4.78 is 10.4. The van der Waals surface area contributed by atoms with E-state index in [1.54, 1.807) is 0 Å². The van der Waals surface area contributed by atoms with Gasteiger partial charge in [-0.2, -0.15) is 0 Å². The van der Waals surface area contributed by atoms with Gasteiger partial charge in [-0.15, -0.1) is 0 Å². The van der Waals surface area contributed by atoms with E-state index >= 15 is 0 Å². The molecule has 0 saturated carbocycles. The van der Waals surface area contributed by atoms with Gasteiger partial charge >= 0.3 is 0 Å². The van der Waals surface area contributed by atoms with Gasteiger partial charge in [0.25, 0.3) is 0 Å². The maximum Gasteiger partial charge on any atom is 0.145 e. The molecule has 0 bridgehead atoms. The molecular formula is C15H20N4O2. The van der Waals surface area contributed by atoms with Crippen molar-refractivity contribution in [3.05, 3.63) is 35.2 Å². The number of hydrogen-bond acceptors (Lipinski definition) is 6. The number of hydrogen-bond donors (Lipinski definition) is 1. The van der Waals surface area contributed by atoms with E-state index in [1.165, 1.54) is 11.3 Å². The van der Waals surface area contributed by atoms with Crippen molar-refractivity contribution < 1.29 is 9.37 Å². The molecule has 2 aromatic rings. The van der Waals surface area contributed by atoms with Crippen LogP contribution in [0.1, 0.15) is 17.0 Å². The minimum atomic E-state index is 0.377. The Kier molecular flexibility index (Phi) is 4.06. The summed E-state index contributed by atoms with van der Waals surface area (Å²) >= 11 is 0. The Balaban J connectivity index is 1.67. The number of anilines is 1. The molecular weight excluding hydrogens is 268 g/mol. The van der Waals surface area contributed by atoms with Crippen molar-refractivity contribution in [1.82, 2.24) is 15.6 Å². The van der Waals surface area contributed by atoms with Crippen LogP contribution in [0.15, 0.2) is 22.8 Å². The second-order valence-corrected chi connectivity index (χ2v) is 5.27. The number of rotatable bonds is 4. The number of nitrogens with one attached hydrogen (secondary N) is 1.